The molecule has 156 valence electrons. The Balaban J connectivity index is 0.00000392. The largest absolute Gasteiger partial charge is 0.382 e. The number of hydrogen-bond donors (Lipinski definition) is 2. The van der Waals surface area contributed by atoms with Crippen LogP contribution >= 0.6 is 24.0 Å². The van der Waals surface area contributed by atoms with Gasteiger partial charge in [-0.1, -0.05) is 24.3 Å². The van der Waals surface area contributed by atoms with Gasteiger partial charge >= 0.3 is 0 Å². The second-order valence-corrected chi connectivity index (χ2v) is 6.13. The van der Waals surface area contributed by atoms with Crippen molar-refractivity contribution in [3.05, 3.63) is 54.1 Å². The van der Waals surface area contributed by atoms with Crippen molar-refractivity contribution in [1.82, 2.24) is 20.2 Å². The number of guanidine groups is 1. The lowest BCUT2D eigenvalue weighted by Crippen LogP contribution is -2.38. The zero-order valence-electron chi connectivity index (χ0n) is 16.8. The van der Waals surface area contributed by atoms with Crippen molar-refractivity contribution in [2.45, 2.75) is 26.4 Å². The molecule has 0 aliphatic carbocycles. The lowest BCUT2D eigenvalue weighted by atomic mass is 10.1. The van der Waals surface area contributed by atoms with Crippen molar-refractivity contribution in [3.8, 4) is 0 Å². The number of ether oxygens (including phenoxy) is 2. The number of methoxy groups -OCH3 is 1. The molecule has 0 saturated carbocycles. The number of imidazole rings is 1. The van der Waals surface area contributed by atoms with Crippen LogP contribution in [-0.2, 0) is 22.6 Å². The fourth-order valence-electron chi connectivity index (χ4n) is 2.48. The molecule has 0 aliphatic rings. The number of aliphatic imine (C=N–C) groups is 1. The molecule has 0 amide bonds. The van der Waals surface area contributed by atoms with Crippen molar-refractivity contribution in [1.29, 1.82) is 0 Å². The average Bonchev–Trinajstić information content (AvgIpc) is 3.19. The summed E-state index contributed by atoms with van der Waals surface area (Å²) < 4.78 is 12.5. The van der Waals surface area contributed by atoms with Gasteiger partial charge in [-0.2, -0.15) is 0 Å². The molecule has 0 bridgehead atoms. The highest BCUT2D eigenvalue weighted by molar-refractivity contribution is 14.0. The number of halogens is 1. The Morgan fingerprint density at radius 2 is 1.89 bits per heavy atom. The van der Waals surface area contributed by atoms with Gasteiger partial charge in [0.1, 0.15) is 0 Å². The minimum absolute atomic E-state index is 0. The van der Waals surface area contributed by atoms with Crippen LogP contribution in [0.2, 0.25) is 0 Å². The van der Waals surface area contributed by atoms with Gasteiger partial charge in [0.05, 0.1) is 26.1 Å². The van der Waals surface area contributed by atoms with Gasteiger partial charge in [-0.15, -0.1) is 24.0 Å². The summed E-state index contributed by atoms with van der Waals surface area (Å²) in [4.78, 5) is 8.72. The van der Waals surface area contributed by atoms with Crippen molar-refractivity contribution in [2.24, 2.45) is 4.99 Å². The van der Waals surface area contributed by atoms with Gasteiger partial charge in [0, 0.05) is 45.7 Å². The Morgan fingerprint density at radius 3 is 2.57 bits per heavy atom. The quantitative estimate of drug-likeness (QED) is 0.203. The summed E-state index contributed by atoms with van der Waals surface area (Å²) >= 11 is 0. The van der Waals surface area contributed by atoms with Crippen LogP contribution in [0.25, 0.3) is 0 Å². The summed E-state index contributed by atoms with van der Waals surface area (Å²) in [6.07, 6.45) is 6.52. The number of benzene rings is 1. The Kier molecular flexibility index (Phi) is 13.3. The first-order valence-corrected chi connectivity index (χ1v) is 9.44. The highest BCUT2D eigenvalue weighted by Crippen LogP contribution is 2.07. The van der Waals surface area contributed by atoms with Crippen LogP contribution in [0, 0.1) is 0 Å². The second kappa shape index (κ2) is 15.3. The van der Waals surface area contributed by atoms with E-state index in [4.69, 9.17) is 9.47 Å². The minimum atomic E-state index is 0. The first-order valence-electron chi connectivity index (χ1n) is 9.44. The van der Waals surface area contributed by atoms with Gasteiger partial charge in [0.25, 0.3) is 0 Å². The van der Waals surface area contributed by atoms with Gasteiger partial charge in [0.2, 0.25) is 0 Å². The molecular weight excluding hydrogens is 469 g/mol. The van der Waals surface area contributed by atoms with E-state index in [0.29, 0.717) is 26.4 Å². The number of nitrogens with one attached hydrogen (secondary N) is 2. The SMILES string of the molecule is CCNC(=NCc1ccc(Cn2ccnc2)cc1)NCCCOCCOC.I. The Labute approximate surface area is 185 Å². The summed E-state index contributed by atoms with van der Waals surface area (Å²) in [7, 11) is 1.68. The van der Waals surface area contributed by atoms with E-state index in [0.717, 1.165) is 32.0 Å². The highest BCUT2D eigenvalue weighted by Gasteiger charge is 1.99. The highest BCUT2D eigenvalue weighted by atomic mass is 127. The molecule has 1 aromatic carbocycles. The lowest BCUT2D eigenvalue weighted by molar-refractivity contribution is 0.0698. The van der Waals surface area contributed by atoms with Gasteiger partial charge in [0.15, 0.2) is 5.96 Å². The van der Waals surface area contributed by atoms with E-state index < -0.39 is 0 Å². The molecule has 7 nitrogen and oxygen atoms in total. The molecule has 0 unspecified atom stereocenters. The standard InChI is InChI=1S/C20H31N5O2.HI/c1-3-22-20(23-9-4-12-27-14-13-26-2)24-15-18-5-7-19(8-6-18)16-25-11-10-21-17-25;/h5-8,10-11,17H,3-4,9,12-16H2,1-2H3,(H2,22,23,24);1H. The first-order chi connectivity index (χ1) is 13.3. The number of hydrogen-bond acceptors (Lipinski definition) is 4. The molecule has 1 heterocycles. The van der Waals surface area contributed by atoms with Crippen LogP contribution in [0.4, 0.5) is 0 Å². The Bertz CT molecular complexity index is 647. The Morgan fingerprint density at radius 1 is 1.11 bits per heavy atom. The molecule has 0 aliphatic heterocycles. The molecule has 2 rings (SSSR count). The molecule has 1 aromatic heterocycles. The molecule has 2 N–H and O–H groups in total. The van der Waals surface area contributed by atoms with Crippen molar-refractivity contribution < 1.29 is 9.47 Å². The summed E-state index contributed by atoms with van der Waals surface area (Å²) in [5, 5.41) is 6.61. The third-order valence-electron chi connectivity index (χ3n) is 3.90. The van der Waals surface area contributed by atoms with Gasteiger partial charge in [-0.25, -0.2) is 9.98 Å². The smallest absolute Gasteiger partial charge is 0.191 e. The van der Waals surface area contributed by atoms with E-state index in [1.807, 2.05) is 12.5 Å². The van der Waals surface area contributed by atoms with Crippen LogP contribution in [0.15, 0.2) is 48.0 Å². The normalized spacial score (nSPS) is 11.1. The third-order valence-corrected chi connectivity index (χ3v) is 3.90. The molecule has 0 fully saturated rings. The maximum atomic E-state index is 5.46. The number of nitrogens with zero attached hydrogens (tertiary/aromatic N) is 3. The summed E-state index contributed by atoms with van der Waals surface area (Å²) in [5.41, 5.74) is 2.43. The molecule has 0 saturated heterocycles. The maximum absolute atomic E-state index is 5.46. The van der Waals surface area contributed by atoms with E-state index in [1.54, 1.807) is 13.3 Å². The molecule has 2 aromatic rings. The predicted octanol–water partition coefficient (Wildman–Crippen LogP) is 2.66. The number of rotatable bonds is 12. The van der Waals surface area contributed by atoms with E-state index in [2.05, 4.69) is 56.4 Å². The monoisotopic (exact) mass is 501 g/mol. The minimum Gasteiger partial charge on any atom is -0.382 e. The zero-order valence-corrected chi connectivity index (χ0v) is 19.1. The Hall–Kier alpha value is -1.65. The predicted molar refractivity (Wildman–Crippen MR) is 123 cm³/mol. The van der Waals surface area contributed by atoms with Crippen LogP contribution in [0.5, 0.6) is 0 Å². The second-order valence-electron chi connectivity index (χ2n) is 6.13. The average molecular weight is 501 g/mol. The zero-order chi connectivity index (χ0) is 19.2. The van der Waals surface area contributed by atoms with Crippen molar-refractivity contribution in [3.63, 3.8) is 0 Å². The molecule has 0 radical (unpaired) electrons. The van der Waals surface area contributed by atoms with Gasteiger partial charge in [-0.3, -0.25) is 0 Å². The van der Waals surface area contributed by atoms with Crippen LogP contribution < -0.4 is 10.6 Å². The van der Waals surface area contributed by atoms with Crippen molar-refractivity contribution >= 4 is 29.9 Å². The van der Waals surface area contributed by atoms with E-state index in [-0.39, 0.29) is 24.0 Å². The third kappa shape index (κ3) is 10.0. The van der Waals surface area contributed by atoms with Crippen molar-refractivity contribution in [2.75, 3.05) is 40.0 Å². The van der Waals surface area contributed by atoms with Gasteiger partial charge < -0.3 is 24.7 Å². The van der Waals surface area contributed by atoms with Crippen LogP contribution in [0.1, 0.15) is 24.5 Å². The first kappa shape index (κ1) is 24.4. The molecule has 28 heavy (non-hydrogen) atoms. The van der Waals surface area contributed by atoms with Gasteiger partial charge in [-0.05, 0) is 24.5 Å². The topological polar surface area (TPSA) is 72.7 Å². The molecular formula is C20H32IN5O2. The molecule has 0 spiro atoms. The summed E-state index contributed by atoms with van der Waals surface area (Å²) in [6.45, 7) is 7.19. The van der Waals surface area contributed by atoms with E-state index in [9.17, 15) is 0 Å². The van der Waals surface area contributed by atoms with E-state index >= 15 is 0 Å². The molecule has 0 atom stereocenters. The maximum Gasteiger partial charge on any atom is 0.191 e. The fourth-order valence-corrected chi connectivity index (χ4v) is 2.48. The van der Waals surface area contributed by atoms with Crippen LogP contribution in [-0.4, -0.2) is 55.5 Å². The summed E-state index contributed by atoms with van der Waals surface area (Å²) in [5.74, 6) is 0.830. The fraction of sp³-hybridized carbons (Fsp3) is 0.500. The molecule has 8 heteroatoms. The van der Waals surface area contributed by atoms with E-state index in [1.165, 1.54) is 11.1 Å². The lowest BCUT2D eigenvalue weighted by Gasteiger charge is -2.11. The number of aromatic nitrogens is 2. The van der Waals surface area contributed by atoms with Crippen LogP contribution in [0.3, 0.4) is 0 Å². The summed E-state index contributed by atoms with van der Waals surface area (Å²) in [6, 6.07) is 8.54.